The lowest BCUT2D eigenvalue weighted by Crippen LogP contribution is -2.09. The van der Waals surface area contributed by atoms with Crippen molar-refractivity contribution in [3.63, 3.8) is 0 Å². The largest absolute Gasteiger partial charge is 0.481 e. The summed E-state index contributed by atoms with van der Waals surface area (Å²) in [6.45, 7) is 3.86. The molecule has 3 nitrogen and oxygen atoms in total. The van der Waals surface area contributed by atoms with E-state index in [1.165, 1.54) is 0 Å². The number of carbonyl (C=O) groups is 1. The highest BCUT2D eigenvalue weighted by molar-refractivity contribution is 5.75. The van der Waals surface area contributed by atoms with Gasteiger partial charge in [-0.2, -0.15) is 0 Å². The molecule has 1 atom stereocenters. The summed E-state index contributed by atoms with van der Waals surface area (Å²) in [4.78, 5) is 10.8. The molecule has 0 spiro atoms. The lowest BCUT2D eigenvalue weighted by molar-refractivity contribution is -0.138. The van der Waals surface area contributed by atoms with Crippen LogP contribution >= 0.6 is 0 Å². The zero-order valence-corrected chi connectivity index (χ0v) is 8.24. The number of aliphatic carboxylic acids is 1. The van der Waals surface area contributed by atoms with Crippen molar-refractivity contribution < 1.29 is 9.90 Å². The highest BCUT2D eigenvalue weighted by atomic mass is 16.4. The number of hydrogen-bond acceptors (Lipinski definition) is 1. The number of carboxylic acids is 1. The van der Waals surface area contributed by atoms with Gasteiger partial charge in [0.05, 0.1) is 5.92 Å². The molecule has 0 radical (unpaired) electrons. The maximum absolute atomic E-state index is 10.8. The molecule has 0 aliphatic carbocycles. The molecule has 3 heteroatoms. The Kier molecular flexibility index (Phi) is 2.76. The molecule has 0 bridgehead atoms. The molecule has 1 heterocycles. The standard InChI is InChI=1S/C10H15NO2/c1-4-9(10(12)13)8-5-7(2)11(3)6-8/h5-6,9H,4H2,1-3H3,(H,12,13). The second-order valence-electron chi connectivity index (χ2n) is 3.32. The molecule has 13 heavy (non-hydrogen) atoms. The lowest BCUT2D eigenvalue weighted by Gasteiger charge is -2.05. The van der Waals surface area contributed by atoms with E-state index in [2.05, 4.69) is 0 Å². The third kappa shape index (κ3) is 1.91. The van der Waals surface area contributed by atoms with E-state index in [1.807, 2.05) is 37.7 Å². The highest BCUT2D eigenvalue weighted by Crippen LogP contribution is 2.21. The highest BCUT2D eigenvalue weighted by Gasteiger charge is 2.18. The van der Waals surface area contributed by atoms with E-state index in [0.29, 0.717) is 6.42 Å². The van der Waals surface area contributed by atoms with Crippen molar-refractivity contribution in [2.45, 2.75) is 26.2 Å². The second-order valence-corrected chi connectivity index (χ2v) is 3.32. The predicted molar refractivity (Wildman–Crippen MR) is 50.8 cm³/mol. The Morgan fingerprint density at radius 1 is 1.69 bits per heavy atom. The number of nitrogens with zero attached hydrogens (tertiary/aromatic N) is 1. The Hall–Kier alpha value is -1.25. The second kappa shape index (κ2) is 3.64. The van der Waals surface area contributed by atoms with E-state index in [0.717, 1.165) is 11.3 Å². The van der Waals surface area contributed by atoms with Crippen molar-refractivity contribution in [3.8, 4) is 0 Å². The lowest BCUT2D eigenvalue weighted by atomic mass is 10.00. The van der Waals surface area contributed by atoms with Crippen molar-refractivity contribution in [1.29, 1.82) is 0 Å². The van der Waals surface area contributed by atoms with E-state index in [9.17, 15) is 4.79 Å². The van der Waals surface area contributed by atoms with Gasteiger partial charge in [0, 0.05) is 18.9 Å². The van der Waals surface area contributed by atoms with Gasteiger partial charge in [-0.25, -0.2) is 0 Å². The first-order valence-corrected chi connectivity index (χ1v) is 4.42. The Balaban J connectivity index is 2.98. The van der Waals surface area contributed by atoms with Gasteiger partial charge in [0.1, 0.15) is 0 Å². The van der Waals surface area contributed by atoms with Gasteiger partial charge in [-0.05, 0) is 25.0 Å². The van der Waals surface area contributed by atoms with Crippen LogP contribution in [0.1, 0.15) is 30.5 Å². The molecule has 1 unspecified atom stereocenters. The van der Waals surface area contributed by atoms with Gasteiger partial charge in [0.2, 0.25) is 0 Å². The molecule has 0 aromatic carbocycles. The minimum absolute atomic E-state index is 0.361. The van der Waals surface area contributed by atoms with Crippen LogP contribution in [0.25, 0.3) is 0 Å². The van der Waals surface area contributed by atoms with Crippen LogP contribution in [0.15, 0.2) is 12.3 Å². The predicted octanol–water partition coefficient (Wildman–Crippen LogP) is 1.91. The van der Waals surface area contributed by atoms with Gasteiger partial charge >= 0.3 is 5.97 Å². The summed E-state index contributed by atoms with van der Waals surface area (Å²) < 4.78 is 1.95. The Morgan fingerprint density at radius 2 is 2.31 bits per heavy atom. The Labute approximate surface area is 78.0 Å². The summed E-state index contributed by atoms with van der Waals surface area (Å²) in [5, 5.41) is 8.92. The molecule has 0 aliphatic rings. The first kappa shape index (κ1) is 9.84. The van der Waals surface area contributed by atoms with Crippen molar-refractivity contribution in [3.05, 3.63) is 23.5 Å². The third-order valence-electron chi connectivity index (χ3n) is 2.38. The van der Waals surface area contributed by atoms with Gasteiger partial charge < -0.3 is 9.67 Å². The van der Waals surface area contributed by atoms with Gasteiger partial charge in [-0.15, -0.1) is 0 Å². The van der Waals surface area contributed by atoms with E-state index < -0.39 is 5.97 Å². The molecule has 1 aromatic heterocycles. The van der Waals surface area contributed by atoms with E-state index in [4.69, 9.17) is 5.11 Å². The molecule has 0 saturated carbocycles. The summed E-state index contributed by atoms with van der Waals surface area (Å²) >= 11 is 0. The molecular weight excluding hydrogens is 166 g/mol. The van der Waals surface area contributed by atoms with E-state index in [-0.39, 0.29) is 5.92 Å². The molecule has 72 valence electrons. The number of aromatic nitrogens is 1. The first-order valence-electron chi connectivity index (χ1n) is 4.42. The number of hydrogen-bond donors (Lipinski definition) is 1. The molecule has 0 amide bonds. The maximum atomic E-state index is 10.8. The van der Waals surface area contributed by atoms with Crippen LogP contribution in [-0.4, -0.2) is 15.6 Å². The molecule has 1 rings (SSSR count). The van der Waals surface area contributed by atoms with Crippen LogP contribution in [0.2, 0.25) is 0 Å². The van der Waals surface area contributed by atoms with E-state index >= 15 is 0 Å². The summed E-state index contributed by atoms with van der Waals surface area (Å²) in [5.74, 6) is -1.10. The number of carboxylic acid groups (broad SMARTS) is 1. The summed E-state index contributed by atoms with van der Waals surface area (Å²) in [6, 6.07) is 1.93. The van der Waals surface area contributed by atoms with Crippen LogP contribution in [0.3, 0.4) is 0 Å². The molecule has 0 fully saturated rings. The molecule has 1 aromatic rings. The van der Waals surface area contributed by atoms with Crippen molar-refractivity contribution in [2.75, 3.05) is 0 Å². The summed E-state index contributed by atoms with van der Waals surface area (Å²) in [6.07, 6.45) is 2.52. The van der Waals surface area contributed by atoms with Crippen molar-refractivity contribution >= 4 is 5.97 Å². The Morgan fingerprint density at radius 3 is 2.62 bits per heavy atom. The number of aryl methyl sites for hydroxylation is 2. The Bertz CT molecular complexity index is 295. The summed E-state index contributed by atoms with van der Waals surface area (Å²) in [5.41, 5.74) is 1.99. The fourth-order valence-corrected chi connectivity index (χ4v) is 1.45. The van der Waals surface area contributed by atoms with Crippen LogP contribution < -0.4 is 0 Å². The van der Waals surface area contributed by atoms with Crippen LogP contribution in [0, 0.1) is 6.92 Å². The fourth-order valence-electron chi connectivity index (χ4n) is 1.45. The average Bonchev–Trinajstić information content (AvgIpc) is 2.32. The minimum atomic E-state index is -0.742. The third-order valence-corrected chi connectivity index (χ3v) is 2.38. The van der Waals surface area contributed by atoms with Gasteiger partial charge in [0.25, 0.3) is 0 Å². The number of rotatable bonds is 3. The van der Waals surface area contributed by atoms with Gasteiger partial charge in [-0.1, -0.05) is 6.92 Å². The summed E-state index contributed by atoms with van der Waals surface area (Å²) in [7, 11) is 1.92. The quantitative estimate of drug-likeness (QED) is 0.774. The van der Waals surface area contributed by atoms with Crippen molar-refractivity contribution in [2.24, 2.45) is 7.05 Å². The fraction of sp³-hybridized carbons (Fsp3) is 0.500. The first-order chi connectivity index (χ1) is 6.06. The zero-order chi connectivity index (χ0) is 10.0. The minimum Gasteiger partial charge on any atom is -0.481 e. The molecule has 0 aliphatic heterocycles. The SMILES string of the molecule is CCC(C(=O)O)c1cc(C)n(C)c1. The average molecular weight is 181 g/mol. The van der Waals surface area contributed by atoms with Crippen LogP contribution in [0.5, 0.6) is 0 Å². The van der Waals surface area contributed by atoms with Crippen LogP contribution in [-0.2, 0) is 11.8 Å². The smallest absolute Gasteiger partial charge is 0.311 e. The maximum Gasteiger partial charge on any atom is 0.311 e. The molecule has 1 N–H and O–H groups in total. The van der Waals surface area contributed by atoms with E-state index in [1.54, 1.807) is 0 Å². The topological polar surface area (TPSA) is 42.2 Å². The van der Waals surface area contributed by atoms with Crippen LogP contribution in [0.4, 0.5) is 0 Å². The molecular formula is C10H15NO2. The van der Waals surface area contributed by atoms with Crippen molar-refractivity contribution in [1.82, 2.24) is 4.57 Å². The zero-order valence-electron chi connectivity index (χ0n) is 8.24. The van der Waals surface area contributed by atoms with Gasteiger partial charge in [-0.3, -0.25) is 4.79 Å². The monoisotopic (exact) mass is 181 g/mol. The molecule has 0 saturated heterocycles. The van der Waals surface area contributed by atoms with Gasteiger partial charge in [0.15, 0.2) is 0 Å². The normalized spacial score (nSPS) is 12.8.